The Morgan fingerprint density at radius 3 is 2.27 bits per heavy atom. The summed E-state index contributed by atoms with van der Waals surface area (Å²) in [7, 11) is 0. The van der Waals surface area contributed by atoms with Gasteiger partial charge in [0.2, 0.25) is 0 Å². The average molecular weight is 362 g/mol. The first-order valence-electron chi connectivity index (χ1n) is 8.26. The Hall–Kier alpha value is -2.67. The normalized spacial score (nSPS) is 15.6. The molecule has 7 nitrogen and oxygen atoms in total. The minimum atomic E-state index is -0.836. The van der Waals surface area contributed by atoms with E-state index in [4.69, 9.17) is 14.2 Å². The van der Waals surface area contributed by atoms with Crippen LogP contribution >= 0.6 is 0 Å². The van der Waals surface area contributed by atoms with Crippen molar-refractivity contribution in [3.05, 3.63) is 48.0 Å². The molecular weight excluding hydrogens is 340 g/mol. The predicted octanol–water partition coefficient (Wildman–Crippen LogP) is 1.90. The summed E-state index contributed by atoms with van der Waals surface area (Å²) in [6.45, 7) is 4.66. The standard InChI is InChI=1S/C19H22O7/c1-14(2)18(22)25-12-16(20)24-13-17(21)26-19(8-10-23-11-9-19)15-6-4-3-5-7-15/h3-7H,1,8-13H2,2H3. The number of carbonyl (C=O) groups excluding carboxylic acids is 3. The van der Waals surface area contributed by atoms with Gasteiger partial charge >= 0.3 is 17.9 Å². The molecule has 1 aromatic rings. The lowest BCUT2D eigenvalue weighted by atomic mass is 9.86. The molecule has 2 rings (SSSR count). The lowest BCUT2D eigenvalue weighted by Gasteiger charge is -2.37. The van der Waals surface area contributed by atoms with Crippen molar-refractivity contribution in [3.8, 4) is 0 Å². The molecule has 0 aliphatic carbocycles. The summed E-state index contributed by atoms with van der Waals surface area (Å²) < 4.78 is 20.5. The summed E-state index contributed by atoms with van der Waals surface area (Å²) in [6.07, 6.45) is 1.04. The number of rotatable bonds is 7. The molecule has 1 heterocycles. The van der Waals surface area contributed by atoms with Crippen LogP contribution in [0.2, 0.25) is 0 Å². The highest BCUT2D eigenvalue weighted by molar-refractivity contribution is 5.88. The fourth-order valence-corrected chi connectivity index (χ4v) is 2.57. The van der Waals surface area contributed by atoms with E-state index in [1.165, 1.54) is 6.92 Å². The Morgan fingerprint density at radius 1 is 1.04 bits per heavy atom. The van der Waals surface area contributed by atoms with Gasteiger partial charge in [-0.3, -0.25) is 0 Å². The number of hydrogen-bond acceptors (Lipinski definition) is 7. The Bertz CT molecular complexity index is 660. The van der Waals surface area contributed by atoms with E-state index in [9.17, 15) is 14.4 Å². The molecule has 26 heavy (non-hydrogen) atoms. The lowest BCUT2D eigenvalue weighted by Crippen LogP contribution is -2.39. The predicted molar refractivity (Wildman–Crippen MR) is 91.0 cm³/mol. The van der Waals surface area contributed by atoms with Crippen molar-refractivity contribution in [2.24, 2.45) is 0 Å². The van der Waals surface area contributed by atoms with Crippen molar-refractivity contribution >= 4 is 17.9 Å². The van der Waals surface area contributed by atoms with Crippen LogP contribution in [-0.2, 0) is 38.9 Å². The van der Waals surface area contributed by atoms with Crippen LogP contribution in [0.5, 0.6) is 0 Å². The van der Waals surface area contributed by atoms with E-state index in [-0.39, 0.29) is 5.57 Å². The molecule has 0 spiro atoms. The molecule has 0 N–H and O–H groups in total. The highest BCUT2D eigenvalue weighted by Gasteiger charge is 2.38. The summed E-state index contributed by atoms with van der Waals surface area (Å²) >= 11 is 0. The van der Waals surface area contributed by atoms with E-state index in [1.807, 2.05) is 30.3 Å². The van der Waals surface area contributed by atoms with Gasteiger partial charge in [-0.25, -0.2) is 14.4 Å². The molecule has 0 aromatic heterocycles. The maximum atomic E-state index is 12.2. The van der Waals surface area contributed by atoms with Crippen molar-refractivity contribution < 1.29 is 33.3 Å². The van der Waals surface area contributed by atoms with E-state index in [0.29, 0.717) is 26.1 Å². The summed E-state index contributed by atoms with van der Waals surface area (Å²) in [5.74, 6) is -2.21. The van der Waals surface area contributed by atoms with Crippen molar-refractivity contribution in [1.82, 2.24) is 0 Å². The van der Waals surface area contributed by atoms with Gasteiger partial charge < -0.3 is 18.9 Å². The van der Waals surface area contributed by atoms with Crippen LogP contribution in [0, 0.1) is 0 Å². The van der Waals surface area contributed by atoms with Gasteiger partial charge in [0, 0.05) is 18.4 Å². The molecule has 140 valence electrons. The number of carbonyl (C=O) groups is 3. The first kappa shape index (κ1) is 19.7. The number of benzene rings is 1. The quantitative estimate of drug-likeness (QED) is 0.416. The van der Waals surface area contributed by atoms with E-state index in [1.54, 1.807) is 0 Å². The van der Waals surface area contributed by atoms with Crippen LogP contribution in [0.1, 0.15) is 25.3 Å². The second-order valence-corrected chi connectivity index (χ2v) is 5.96. The van der Waals surface area contributed by atoms with Gasteiger partial charge in [0.05, 0.1) is 13.2 Å². The van der Waals surface area contributed by atoms with Crippen LogP contribution < -0.4 is 0 Å². The third-order valence-corrected chi connectivity index (χ3v) is 3.93. The van der Waals surface area contributed by atoms with Crippen molar-refractivity contribution in [2.75, 3.05) is 26.4 Å². The van der Waals surface area contributed by atoms with Gasteiger partial charge in [-0.05, 0) is 12.5 Å². The summed E-state index contributed by atoms with van der Waals surface area (Å²) in [5.41, 5.74) is 0.245. The lowest BCUT2D eigenvalue weighted by molar-refractivity contribution is -0.180. The largest absolute Gasteiger partial charge is 0.451 e. The zero-order chi connectivity index (χ0) is 19.0. The number of hydrogen-bond donors (Lipinski definition) is 0. The van der Waals surface area contributed by atoms with Gasteiger partial charge in [0.1, 0.15) is 5.60 Å². The number of ether oxygens (including phenoxy) is 4. The molecule has 1 aliphatic heterocycles. The molecule has 0 saturated carbocycles. The van der Waals surface area contributed by atoms with Crippen molar-refractivity contribution in [1.29, 1.82) is 0 Å². The van der Waals surface area contributed by atoms with Crippen molar-refractivity contribution in [3.63, 3.8) is 0 Å². The average Bonchev–Trinajstić information content (AvgIpc) is 2.65. The van der Waals surface area contributed by atoms with Gasteiger partial charge in [0.15, 0.2) is 13.2 Å². The van der Waals surface area contributed by atoms with E-state index < -0.39 is 36.7 Å². The fourth-order valence-electron chi connectivity index (χ4n) is 2.57. The second-order valence-electron chi connectivity index (χ2n) is 5.96. The van der Waals surface area contributed by atoms with Gasteiger partial charge in [-0.15, -0.1) is 0 Å². The molecule has 1 aliphatic rings. The third kappa shape index (κ3) is 5.42. The minimum absolute atomic E-state index is 0.168. The first-order valence-corrected chi connectivity index (χ1v) is 8.26. The third-order valence-electron chi connectivity index (χ3n) is 3.93. The van der Waals surface area contributed by atoms with Gasteiger partial charge in [-0.1, -0.05) is 36.9 Å². The molecule has 0 amide bonds. The Morgan fingerprint density at radius 2 is 1.65 bits per heavy atom. The molecule has 1 saturated heterocycles. The minimum Gasteiger partial charge on any atom is -0.451 e. The first-order chi connectivity index (χ1) is 12.4. The van der Waals surface area contributed by atoms with Crippen LogP contribution in [0.4, 0.5) is 0 Å². The summed E-state index contributed by atoms with van der Waals surface area (Å²) in [5, 5.41) is 0. The molecule has 0 radical (unpaired) electrons. The summed E-state index contributed by atoms with van der Waals surface area (Å²) in [6, 6.07) is 9.41. The van der Waals surface area contributed by atoms with Crippen molar-refractivity contribution in [2.45, 2.75) is 25.4 Å². The zero-order valence-electron chi connectivity index (χ0n) is 14.7. The molecule has 7 heteroatoms. The smallest absolute Gasteiger partial charge is 0.345 e. The Labute approximate surface area is 151 Å². The van der Waals surface area contributed by atoms with E-state index in [0.717, 1.165) is 5.56 Å². The van der Waals surface area contributed by atoms with E-state index in [2.05, 4.69) is 11.3 Å². The van der Waals surface area contributed by atoms with Crippen LogP contribution in [0.3, 0.4) is 0 Å². The highest BCUT2D eigenvalue weighted by Crippen LogP contribution is 2.36. The Kier molecular flexibility index (Phi) is 6.91. The summed E-state index contributed by atoms with van der Waals surface area (Å²) in [4.78, 5) is 35.0. The number of esters is 3. The molecule has 0 atom stereocenters. The van der Waals surface area contributed by atoms with Gasteiger partial charge in [-0.2, -0.15) is 0 Å². The highest BCUT2D eigenvalue weighted by atomic mass is 16.6. The monoisotopic (exact) mass is 362 g/mol. The maximum absolute atomic E-state index is 12.2. The molecule has 0 bridgehead atoms. The van der Waals surface area contributed by atoms with Gasteiger partial charge in [0.25, 0.3) is 0 Å². The van der Waals surface area contributed by atoms with Crippen LogP contribution in [0.25, 0.3) is 0 Å². The van der Waals surface area contributed by atoms with E-state index >= 15 is 0 Å². The zero-order valence-corrected chi connectivity index (χ0v) is 14.7. The SMILES string of the molecule is C=C(C)C(=O)OCC(=O)OCC(=O)OC1(c2ccccc2)CCOCC1. The Balaban J connectivity index is 1.89. The topological polar surface area (TPSA) is 88.1 Å². The fraction of sp³-hybridized carbons (Fsp3) is 0.421. The van der Waals surface area contributed by atoms with Crippen LogP contribution in [0.15, 0.2) is 42.5 Å². The van der Waals surface area contributed by atoms with Crippen LogP contribution in [-0.4, -0.2) is 44.3 Å². The molecule has 0 unspecified atom stereocenters. The second kappa shape index (κ2) is 9.15. The molecular formula is C19H22O7. The molecule has 1 aromatic carbocycles. The molecule has 1 fully saturated rings. The maximum Gasteiger partial charge on any atom is 0.345 e.